The number of piperazine rings is 1. The number of carbonyl (C=O) groups excluding carboxylic acids is 3. The van der Waals surface area contributed by atoms with Gasteiger partial charge in [-0.05, 0) is 45.7 Å². The minimum Gasteiger partial charge on any atom is -0.443 e. The molecule has 1 saturated heterocycles. The normalized spacial score (nSPS) is 22.1. The first-order valence-corrected chi connectivity index (χ1v) is 9.33. The van der Waals surface area contributed by atoms with Crippen LogP contribution in [0.5, 0.6) is 0 Å². The molecule has 1 atom stereocenters. The summed E-state index contributed by atoms with van der Waals surface area (Å²) < 4.78 is 5.23. The van der Waals surface area contributed by atoms with E-state index in [1.165, 1.54) is 0 Å². The van der Waals surface area contributed by atoms with E-state index in [0.717, 1.165) is 21.5 Å². The van der Waals surface area contributed by atoms with Crippen LogP contribution in [-0.4, -0.2) is 51.5 Å². The molecule has 0 aliphatic carbocycles. The molecule has 2 aliphatic rings. The number of nitrogens with zero attached hydrogens (tertiary/aromatic N) is 2. The van der Waals surface area contributed by atoms with Crippen molar-refractivity contribution in [1.82, 2.24) is 20.3 Å². The van der Waals surface area contributed by atoms with Crippen molar-refractivity contribution in [2.45, 2.75) is 45.3 Å². The van der Waals surface area contributed by atoms with E-state index in [-0.39, 0.29) is 18.4 Å². The van der Waals surface area contributed by atoms with Crippen molar-refractivity contribution >= 4 is 28.8 Å². The number of hydrogen-bond acceptors (Lipinski definition) is 4. The van der Waals surface area contributed by atoms with Gasteiger partial charge >= 0.3 is 6.09 Å². The summed E-state index contributed by atoms with van der Waals surface area (Å²) in [5.74, 6) is -0.590. The molecule has 4 rings (SSSR count). The molecule has 0 unspecified atom stereocenters. The summed E-state index contributed by atoms with van der Waals surface area (Å²) in [5, 5.41) is 2.11. The minimum atomic E-state index is -1.21. The zero-order valence-electron chi connectivity index (χ0n) is 16.5. The van der Waals surface area contributed by atoms with Crippen molar-refractivity contribution in [2.24, 2.45) is 0 Å². The summed E-state index contributed by atoms with van der Waals surface area (Å²) in [6, 6.07) is 7.84. The Morgan fingerprint density at radius 2 is 1.96 bits per heavy atom. The van der Waals surface area contributed by atoms with Crippen LogP contribution < -0.4 is 5.43 Å². The highest BCUT2D eigenvalue weighted by Crippen LogP contribution is 2.41. The number of para-hydroxylation sites is 1. The van der Waals surface area contributed by atoms with Crippen molar-refractivity contribution < 1.29 is 19.1 Å². The number of hydrazine groups is 1. The van der Waals surface area contributed by atoms with Crippen LogP contribution in [0, 0.1) is 0 Å². The first-order chi connectivity index (χ1) is 13.1. The van der Waals surface area contributed by atoms with Gasteiger partial charge in [0.05, 0.1) is 5.69 Å². The second-order valence-electron chi connectivity index (χ2n) is 8.40. The van der Waals surface area contributed by atoms with Crippen LogP contribution in [0.2, 0.25) is 0 Å². The smallest absolute Gasteiger partial charge is 0.426 e. The Labute approximate surface area is 162 Å². The fourth-order valence-corrected chi connectivity index (χ4v) is 4.11. The highest BCUT2D eigenvalue weighted by molar-refractivity contribution is 6.01. The van der Waals surface area contributed by atoms with E-state index in [0.29, 0.717) is 18.7 Å². The van der Waals surface area contributed by atoms with Gasteiger partial charge in [0.1, 0.15) is 12.1 Å². The molecule has 0 spiro atoms. The van der Waals surface area contributed by atoms with Gasteiger partial charge in [-0.2, -0.15) is 0 Å². The van der Waals surface area contributed by atoms with Crippen LogP contribution in [0.15, 0.2) is 24.3 Å². The number of ether oxygens (including phenoxy) is 1. The average molecular weight is 384 g/mol. The molecular weight excluding hydrogens is 360 g/mol. The van der Waals surface area contributed by atoms with Crippen LogP contribution in [0.25, 0.3) is 10.9 Å². The van der Waals surface area contributed by atoms with Crippen LogP contribution in [0.4, 0.5) is 4.79 Å². The van der Waals surface area contributed by atoms with Gasteiger partial charge in [-0.3, -0.25) is 9.59 Å². The Hall–Kier alpha value is -3.03. The van der Waals surface area contributed by atoms with Crippen LogP contribution in [-0.2, 0) is 26.3 Å². The van der Waals surface area contributed by atoms with Gasteiger partial charge in [0.2, 0.25) is 5.91 Å². The standard InChI is InChI=1S/C20H24N4O4/c1-19(2,3)28-18(27)22-24-11-15(25)23-10-9-13-12-7-5-6-8-14(12)21-16(13)20(23,4)17(24)26/h5-8,21H,9-11H2,1-4H3,(H,22,27)/t20-/m0/s1. The predicted octanol–water partition coefficient (Wildman–Crippen LogP) is 2.05. The number of benzene rings is 1. The Kier molecular flexibility index (Phi) is 3.92. The summed E-state index contributed by atoms with van der Waals surface area (Å²) in [6.07, 6.45) is -0.0913. The number of nitrogens with one attached hydrogen (secondary N) is 2. The van der Waals surface area contributed by atoms with Gasteiger partial charge in [0.15, 0.2) is 5.54 Å². The summed E-state index contributed by atoms with van der Waals surface area (Å²) >= 11 is 0. The molecule has 3 heterocycles. The summed E-state index contributed by atoms with van der Waals surface area (Å²) in [6.45, 7) is 7.16. The van der Waals surface area contributed by atoms with E-state index < -0.39 is 17.2 Å². The molecule has 8 heteroatoms. The molecule has 3 amide bonds. The molecule has 8 nitrogen and oxygen atoms in total. The van der Waals surface area contributed by atoms with Gasteiger partial charge in [-0.25, -0.2) is 15.2 Å². The zero-order valence-corrected chi connectivity index (χ0v) is 16.5. The molecule has 148 valence electrons. The maximum atomic E-state index is 13.4. The van der Waals surface area contributed by atoms with Crippen molar-refractivity contribution in [3.8, 4) is 0 Å². The lowest BCUT2D eigenvalue weighted by Gasteiger charge is -2.49. The highest BCUT2D eigenvalue weighted by Gasteiger charge is 2.54. The molecule has 1 aromatic heterocycles. The summed E-state index contributed by atoms with van der Waals surface area (Å²) in [7, 11) is 0. The molecule has 0 bridgehead atoms. The third kappa shape index (κ3) is 2.71. The van der Waals surface area contributed by atoms with Gasteiger partial charge in [0, 0.05) is 17.4 Å². The molecule has 2 aliphatic heterocycles. The number of carbonyl (C=O) groups is 3. The largest absolute Gasteiger partial charge is 0.443 e. The topological polar surface area (TPSA) is 94.7 Å². The zero-order chi connectivity index (χ0) is 20.3. The highest BCUT2D eigenvalue weighted by atomic mass is 16.6. The summed E-state index contributed by atoms with van der Waals surface area (Å²) in [5.41, 5.74) is 3.18. The number of H-pyrrole nitrogens is 1. The van der Waals surface area contributed by atoms with Crippen LogP contribution in [0.1, 0.15) is 39.0 Å². The molecule has 0 radical (unpaired) electrons. The Morgan fingerprint density at radius 3 is 2.68 bits per heavy atom. The molecule has 28 heavy (non-hydrogen) atoms. The Balaban J connectivity index is 1.72. The molecule has 1 fully saturated rings. The Bertz CT molecular complexity index is 990. The number of aromatic amines is 1. The van der Waals surface area contributed by atoms with Gasteiger partial charge < -0.3 is 14.6 Å². The van der Waals surface area contributed by atoms with Crippen LogP contribution >= 0.6 is 0 Å². The molecule has 2 N–H and O–H groups in total. The maximum Gasteiger partial charge on any atom is 0.426 e. The lowest BCUT2D eigenvalue weighted by Crippen LogP contribution is -2.69. The molecule has 1 aromatic carbocycles. The van der Waals surface area contributed by atoms with Crippen molar-refractivity contribution in [3.63, 3.8) is 0 Å². The van der Waals surface area contributed by atoms with E-state index in [9.17, 15) is 14.4 Å². The molecule has 0 saturated carbocycles. The predicted molar refractivity (Wildman–Crippen MR) is 102 cm³/mol. The lowest BCUT2D eigenvalue weighted by atomic mass is 9.83. The minimum absolute atomic E-state index is 0.219. The van der Waals surface area contributed by atoms with E-state index >= 15 is 0 Å². The van der Waals surface area contributed by atoms with Crippen LogP contribution in [0.3, 0.4) is 0 Å². The molecule has 2 aromatic rings. The fourth-order valence-electron chi connectivity index (χ4n) is 4.11. The van der Waals surface area contributed by atoms with E-state index in [1.54, 1.807) is 32.6 Å². The van der Waals surface area contributed by atoms with Crippen molar-refractivity contribution in [2.75, 3.05) is 13.1 Å². The monoisotopic (exact) mass is 384 g/mol. The van der Waals surface area contributed by atoms with E-state index in [4.69, 9.17) is 4.74 Å². The third-order valence-electron chi connectivity index (χ3n) is 5.31. The number of fused-ring (bicyclic) bond motifs is 5. The average Bonchev–Trinajstić information content (AvgIpc) is 2.98. The molecular formula is C20H24N4O4. The van der Waals surface area contributed by atoms with E-state index in [2.05, 4.69) is 10.4 Å². The second-order valence-corrected chi connectivity index (χ2v) is 8.40. The number of rotatable bonds is 1. The SMILES string of the molecule is CC(C)(C)OC(=O)NN1CC(=O)N2CCc3c([nH]c4ccccc34)[C@@]2(C)C1=O. The summed E-state index contributed by atoms with van der Waals surface area (Å²) in [4.78, 5) is 43.3. The van der Waals surface area contributed by atoms with Gasteiger partial charge in [-0.1, -0.05) is 18.2 Å². The fraction of sp³-hybridized carbons (Fsp3) is 0.450. The second kappa shape index (κ2) is 5.98. The van der Waals surface area contributed by atoms with Crippen molar-refractivity contribution in [1.29, 1.82) is 0 Å². The number of hydrogen-bond donors (Lipinski definition) is 2. The lowest BCUT2D eigenvalue weighted by molar-refractivity contribution is -0.168. The number of amides is 3. The van der Waals surface area contributed by atoms with Gasteiger partial charge in [-0.15, -0.1) is 0 Å². The number of aromatic nitrogens is 1. The third-order valence-corrected chi connectivity index (χ3v) is 5.31. The first kappa shape index (κ1) is 18.3. The van der Waals surface area contributed by atoms with Crippen molar-refractivity contribution in [3.05, 3.63) is 35.5 Å². The Morgan fingerprint density at radius 1 is 1.25 bits per heavy atom. The first-order valence-electron chi connectivity index (χ1n) is 9.33. The van der Waals surface area contributed by atoms with E-state index in [1.807, 2.05) is 24.3 Å². The van der Waals surface area contributed by atoms with Gasteiger partial charge in [0.25, 0.3) is 5.91 Å². The quantitative estimate of drug-likeness (QED) is 0.787. The maximum absolute atomic E-state index is 13.4.